The summed E-state index contributed by atoms with van der Waals surface area (Å²) >= 11 is 0. The molecule has 17 heavy (non-hydrogen) atoms. The molecule has 1 amide bonds. The summed E-state index contributed by atoms with van der Waals surface area (Å²) in [5.74, 6) is 0.841. The van der Waals surface area contributed by atoms with Crippen LogP contribution in [0.4, 0.5) is 11.5 Å². The average Bonchev–Trinajstić information content (AvgIpc) is 2.29. The first kappa shape index (κ1) is 11.9. The van der Waals surface area contributed by atoms with Crippen LogP contribution in [0.1, 0.15) is 19.8 Å². The van der Waals surface area contributed by atoms with Gasteiger partial charge in [-0.3, -0.25) is 4.79 Å². The molecule has 2 rings (SSSR count). The number of nitrogens with zero attached hydrogens (tertiary/aromatic N) is 2. The van der Waals surface area contributed by atoms with Crippen molar-refractivity contribution in [1.29, 1.82) is 0 Å². The number of hydrogen-bond acceptors (Lipinski definition) is 4. The van der Waals surface area contributed by atoms with Gasteiger partial charge in [-0.1, -0.05) is 0 Å². The third-order valence-corrected chi connectivity index (χ3v) is 2.85. The number of pyridine rings is 1. The van der Waals surface area contributed by atoms with E-state index in [2.05, 4.69) is 15.2 Å². The lowest BCUT2D eigenvalue weighted by atomic mass is 10.1. The van der Waals surface area contributed by atoms with E-state index in [9.17, 15) is 4.79 Å². The molecule has 1 atom stereocenters. The van der Waals surface area contributed by atoms with Crippen LogP contribution in [-0.2, 0) is 4.79 Å². The van der Waals surface area contributed by atoms with Gasteiger partial charge in [0.1, 0.15) is 5.82 Å². The number of rotatable bonds is 2. The van der Waals surface area contributed by atoms with Crippen LogP contribution in [0, 0.1) is 0 Å². The van der Waals surface area contributed by atoms with Gasteiger partial charge in [0.05, 0.1) is 11.9 Å². The molecule has 0 aromatic carbocycles. The topological polar surface area (TPSA) is 71.2 Å². The molecule has 5 nitrogen and oxygen atoms in total. The first-order chi connectivity index (χ1) is 8.15. The Morgan fingerprint density at radius 1 is 1.59 bits per heavy atom. The van der Waals surface area contributed by atoms with E-state index in [-0.39, 0.29) is 11.9 Å². The van der Waals surface area contributed by atoms with Crippen LogP contribution in [0.25, 0.3) is 0 Å². The summed E-state index contributed by atoms with van der Waals surface area (Å²) in [6.07, 6.45) is 3.87. The van der Waals surface area contributed by atoms with Crippen LogP contribution in [0.3, 0.4) is 0 Å². The summed E-state index contributed by atoms with van der Waals surface area (Å²) in [5.41, 5.74) is 6.66. The minimum Gasteiger partial charge on any atom is -0.355 e. The Labute approximate surface area is 101 Å². The average molecular weight is 234 g/mol. The molecular formula is C12H18N4O. The van der Waals surface area contributed by atoms with E-state index < -0.39 is 0 Å². The molecule has 1 unspecified atom stereocenters. The molecule has 1 saturated heterocycles. The zero-order valence-corrected chi connectivity index (χ0v) is 10.0. The van der Waals surface area contributed by atoms with Crippen LogP contribution < -0.4 is 16.0 Å². The molecule has 1 aliphatic rings. The number of aromatic nitrogens is 1. The number of nitrogens with one attached hydrogen (secondary N) is 1. The van der Waals surface area contributed by atoms with Crippen molar-refractivity contribution in [2.45, 2.75) is 25.8 Å². The van der Waals surface area contributed by atoms with Crippen molar-refractivity contribution in [3.63, 3.8) is 0 Å². The SMILES string of the molecule is CC(=O)Nc1ccc(N2CCCC(N)C2)nc1. The predicted molar refractivity (Wildman–Crippen MR) is 68.0 cm³/mol. The van der Waals surface area contributed by atoms with E-state index in [1.807, 2.05) is 12.1 Å². The van der Waals surface area contributed by atoms with Crippen LogP contribution >= 0.6 is 0 Å². The minimum absolute atomic E-state index is 0.0838. The number of carbonyl (C=O) groups excluding carboxylic acids is 1. The zero-order chi connectivity index (χ0) is 12.3. The number of carbonyl (C=O) groups is 1. The van der Waals surface area contributed by atoms with Crippen molar-refractivity contribution in [1.82, 2.24) is 4.98 Å². The number of amides is 1. The highest BCUT2D eigenvalue weighted by Gasteiger charge is 2.17. The number of nitrogens with two attached hydrogens (primary N) is 1. The fraction of sp³-hybridized carbons (Fsp3) is 0.500. The Hall–Kier alpha value is -1.62. The quantitative estimate of drug-likeness (QED) is 0.799. The van der Waals surface area contributed by atoms with Gasteiger partial charge in [0.15, 0.2) is 0 Å². The van der Waals surface area contributed by atoms with E-state index in [1.165, 1.54) is 6.92 Å². The van der Waals surface area contributed by atoms with Crippen LogP contribution in [0.5, 0.6) is 0 Å². The van der Waals surface area contributed by atoms with Gasteiger partial charge in [0.25, 0.3) is 0 Å². The highest BCUT2D eigenvalue weighted by Crippen LogP contribution is 2.18. The minimum atomic E-state index is -0.0838. The molecule has 1 aliphatic heterocycles. The van der Waals surface area contributed by atoms with Crippen molar-refractivity contribution in [3.8, 4) is 0 Å². The molecule has 0 saturated carbocycles. The maximum absolute atomic E-state index is 10.9. The first-order valence-electron chi connectivity index (χ1n) is 5.89. The summed E-state index contributed by atoms with van der Waals surface area (Å²) in [7, 11) is 0. The predicted octanol–water partition coefficient (Wildman–Crippen LogP) is 0.967. The molecule has 1 aromatic rings. The van der Waals surface area contributed by atoms with Crippen LogP contribution in [-0.4, -0.2) is 30.0 Å². The van der Waals surface area contributed by atoms with Gasteiger partial charge in [0.2, 0.25) is 5.91 Å². The second-order valence-electron chi connectivity index (χ2n) is 4.43. The molecule has 0 spiro atoms. The van der Waals surface area contributed by atoms with Gasteiger partial charge in [-0.2, -0.15) is 0 Å². The Bertz CT molecular complexity index is 390. The number of anilines is 2. The van der Waals surface area contributed by atoms with E-state index in [4.69, 9.17) is 5.73 Å². The van der Waals surface area contributed by atoms with E-state index in [0.717, 1.165) is 37.4 Å². The lowest BCUT2D eigenvalue weighted by Gasteiger charge is -2.31. The summed E-state index contributed by atoms with van der Waals surface area (Å²) in [4.78, 5) is 17.4. The molecule has 0 bridgehead atoms. The van der Waals surface area contributed by atoms with Crippen LogP contribution in [0.15, 0.2) is 18.3 Å². The summed E-state index contributed by atoms with van der Waals surface area (Å²) in [5, 5.41) is 2.70. The van der Waals surface area contributed by atoms with Crippen LogP contribution in [0.2, 0.25) is 0 Å². The van der Waals surface area contributed by atoms with Gasteiger partial charge < -0.3 is 16.0 Å². The summed E-state index contributed by atoms with van der Waals surface area (Å²) in [6.45, 7) is 3.34. The lowest BCUT2D eigenvalue weighted by Crippen LogP contribution is -2.43. The van der Waals surface area contributed by atoms with E-state index in [1.54, 1.807) is 6.20 Å². The second-order valence-corrected chi connectivity index (χ2v) is 4.43. The third kappa shape index (κ3) is 3.17. The summed E-state index contributed by atoms with van der Waals surface area (Å²) in [6, 6.07) is 4.02. The molecular weight excluding hydrogens is 216 g/mol. The molecule has 2 heterocycles. The van der Waals surface area contributed by atoms with Gasteiger partial charge >= 0.3 is 0 Å². The monoisotopic (exact) mass is 234 g/mol. The molecule has 5 heteroatoms. The largest absolute Gasteiger partial charge is 0.355 e. The molecule has 92 valence electrons. The Balaban J connectivity index is 2.04. The van der Waals surface area contributed by atoms with Crippen molar-refractivity contribution in [2.24, 2.45) is 5.73 Å². The fourth-order valence-corrected chi connectivity index (χ4v) is 2.07. The van der Waals surface area contributed by atoms with Gasteiger partial charge in [-0.25, -0.2) is 4.98 Å². The Morgan fingerprint density at radius 2 is 2.41 bits per heavy atom. The summed E-state index contributed by atoms with van der Waals surface area (Å²) < 4.78 is 0. The fourth-order valence-electron chi connectivity index (χ4n) is 2.07. The number of hydrogen-bond donors (Lipinski definition) is 2. The highest BCUT2D eigenvalue weighted by molar-refractivity contribution is 5.88. The first-order valence-corrected chi connectivity index (χ1v) is 5.89. The maximum Gasteiger partial charge on any atom is 0.221 e. The molecule has 0 aliphatic carbocycles. The van der Waals surface area contributed by atoms with Crippen molar-refractivity contribution >= 4 is 17.4 Å². The molecule has 3 N–H and O–H groups in total. The Kier molecular flexibility index (Phi) is 3.58. The van der Waals surface area contributed by atoms with Crippen molar-refractivity contribution in [3.05, 3.63) is 18.3 Å². The van der Waals surface area contributed by atoms with Gasteiger partial charge in [0, 0.05) is 26.1 Å². The molecule has 0 radical (unpaired) electrons. The number of piperidine rings is 1. The van der Waals surface area contributed by atoms with Crippen molar-refractivity contribution in [2.75, 3.05) is 23.3 Å². The normalized spacial score (nSPS) is 20.1. The lowest BCUT2D eigenvalue weighted by molar-refractivity contribution is -0.114. The highest BCUT2D eigenvalue weighted by atomic mass is 16.1. The van der Waals surface area contributed by atoms with E-state index in [0.29, 0.717) is 0 Å². The second kappa shape index (κ2) is 5.14. The van der Waals surface area contributed by atoms with E-state index >= 15 is 0 Å². The zero-order valence-electron chi connectivity index (χ0n) is 10.0. The van der Waals surface area contributed by atoms with Gasteiger partial charge in [-0.05, 0) is 25.0 Å². The van der Waals surface area contributed by atoms with Crippen molar-refractivity contribution < 1.29 is 4.79 Å². The molecule has 1 aromatic heterocycles. The Morgan fingerprint density at radius 3 is 3.00 bits per heavy atom. The smallest absolute Gasteiger partial charge is 0.221 e. The molecule has 1 fully saturated rings. The van der Waals surface area contributed by atoms with Gasteiger partial charge in [-0.15, -0.1) is 0 Å². The third-order valence-electron chi connectivity index (χ3n) is 2.85. The maximum atomic E-state index is 10.9. The standard InChI is InChI=1S/C12H18N4O/c1-9(17)15-11-4-5-12(14-7-11)16-6-2-3-10(13)8-16/h4-5,7,10H,2-3,6,8,13H2,1H3,(H,15,17).